The van der Waals surface area contributed by atoms with Gasteiger partial charge in [0.05, 0.1) is 12.7 Å². The van der Waals surface area contributed by atoms with E-state index in [0.29, 0.717) is 17.6 Å². The van der Waals surface area contributed by atoms with Gasteiger partial charge in [-0.3, -0.25) is 9.59 Å². The molecule has 1 rings (SSSR count). The van der Waals surface area contributed by atoms with Crippen molar-refractivity contribution in [3.05, 3.63) is 29.3 Å². The maximum atomic E-state index is 11.0. The predicted octanol–water partition coefficient (Wildman–Crippen LogP) is 2.90. The third kappa shape index (κ3) is 4.44. The van der Waals surface area contributed by atoms with Crippen molar-refractivity contribution < 1.29 is 19.4 Å². The first kappa shape index (κ1) is 15.3. The lowest BCUT2D eigenvalue weighted by Crippen LogP contribution is -1.92. The Kier molecular flexibility index (Phi) is 6.15. The second-order valence-electron chi connectivity index (χ2n) is 3.77. The van der Waals surface area contributed by atoms with E-state index in [1.165, 1.54) is 25.8 Å². The summed E-state index contributed by atoms with van der Waals surface area (Å²) in [5, 5.41) is 9.89. The lowest BCUT2D eigenvalue weighted by atomic mass is 10.1. The second-order valence-corrected chi connectivity index (χ2v) is 5.04. The van der Waals surface area contributed by atoms with Gasteiger partial charge in [0.25, 0.3) is 0 Å². The van der Waals surface area contributed by atoms with Crippen LogP contribution in [0, 0.1) is 0 Å². The molecule has 19 heavy (non-hydrogen) atoms. The molecule has 0 heterocycles. The molecule has 4 nitrogen and oxygen atoms in total. The highest BCUT2D eigenvalue weighted by atomic mass is 32.2. The van der Waals surface area contributed by atoms with E-state index in [-0.39, 0.29) is 22.2 Å². The second kappa shape index (κ2) is 7.63. The minimum absolute atomic E-state index is 0.0871. The molecule has 0 saturated heterocycles. The molecule has 5 heteroatoms. The lowest BCUT2D eigenvalue weighted by Gasteiger charge is -2.07. The molecule has 1 aromatic carbocycles. The minimum Gasteiger partial charge on any atom is -0.504 e. The van der Waals surface area contributed by atoms with Gasteiger partial charge in [0, 0.05) is 12.7 Å². The number of rotatable bonds is 6. The Labute approximate surface area is 116 Å². The summed E-state index contributed by atoms with van der Waals surface area (Å²) in [5.74, 6) is 0.814. The number of aldehydes is 1. The summed E-state index contributed by atoms with van der Waals surface area (Å²) in [6.07, 6.45) is 4.94. The highest BCUT2D eigenvalue weighted by Gasteiger charge is 2.10. The maximum absolute atomic E-state index is 11.0. The van der Waals surface area contributed by atoms with Crippen molar-refractivity contribution >= 4 is 29.2 Å². The zero-order valence-electron chi connectivity index (χ0n) is 10.9. The zero-order valence-corrected chi connectivity index (χ0v) is 11.7. The molecule has 0 aliphatic heterocycles. The molecule has 0 radical (unpaired) electrons. The fourth-order valence-electron chi connectivity index (χ4n) is 1.52. The Morgan fingerprint density at radius 3 is 2.79 bits per heavy atom. The quantitative estimate of drug-likeness (QED) is 0.641. The Morgan fingerprint density at radius 1 is 1.47 bits per heavy atom. The zero-order chi connectivity index (χ0) is 14.3. The monoisotopic (exact) mass is 280 g/mol. The van der Waals surface area contributed by atoms with Crippen LogP contribution in [0.1, 0.15) is 29.3 Å². The molecule has 1 aromatic rings. The number of hydrogen-bond donors (Lipinski definition) is 1. The molecule has 0 unspecified atom stereocenters. The van der Waals surface area contributed by atoms with Gasteiger partial charge < -0.3 is 9.84 Å². The predicted molar refractivity (Wildman–Crippen MR) is 76.8 cm³/mol. The van der Waals surface area contributed by atoms with Crippen LogP contribution >= 0.6 is 11.8 Å². The molecular formula is C14H16O4S. The molecule has 0 atom stereocenters. The Bertz CT molecular complexity index is 494. The first-order valence-electron chi connectivity index (χ1n) is 5.75. The number of allylic oxidation sites excluding steroid dienone is 1. The third-order valence-corrected chi connectivity index (χ3v) is 3.29. The number of phenolic OH excluding ortho intramolecular Hbond substituents is 1. The van der Waals surface area contributed by atoms with E-state index in [1.807, 2.05) is 6.08 Å². The number of phenols is 1. The molecule has 0 aliphatic carbocycles. The van der Waals surface area contributed by atoms with E-state index in [4.69, 9.17) is 4.74 Å². The number of benzene rings is 1. The number of aromatic hydroxyl groups is 1. The van der Waals surface area contributed by atoms with Crippen molar-refractivity contribution in [2.45, 2.75) is 13.3 Å². The smallest absolute Gasteiger partial charge is 0.185 e. The van der Waals surface area contributed by atoms with Crippen LogP contribution in [0.25, 0.3) is 6.08 Å². The number of thioether (sulfide) groups is 1. The molecular weight excluding hydrogens is 264 g/mol. The number of ether oxygens (including phenoxy) is 1. The van der Waals surface area contributed by atoms with Crippen molar-refractivity contribution in [2.75, 3.05) is 12.9 Å². The summed E-state index contributed by atoms with van der Waals surface area (Å²) in [6.45, 7) is 1.53. The Hall–Kier alpha value is -1.75. The van der Waals surface area contributed by atoms with Crippen LogP contribution in [-0.4, -0.2) is 29.4 Å². The van der Waals surface area contributed by atoms with E-state index in [9.17, 15) is 14.7 Å². The summed E-state index contributed by atoms with van der Waals surface area (Å²) in [7, 11) is 1.43. The molecule has 0 amide bonds. The largest absolute Gasteiger partial charge is 0.504 e. The van der Waals surface area contributed by atoms with Crippen LogP contribution in [0.3, 0.4) is 0 Å². The summed E-state index contributed by atoms with van der Waals surface area (Å²) in [6, 6.07) is 3.31. The van der Waals surface area contributed by atoms with Crippen LogP contribution in [0.4, 0.5) is 0 Å². The van der Waals surface area contributed by atoms with E-state index in [2.05, 4.69) is 0 Å². The van der Waals surface area contributed by atoms with Gasteiger partial charge in [-0.1, -0.05) is 30.0 Å². The highest BCUT2D eigenvalue weighted by molar-refractivity contribution is 8.13. The molecule has 0 aliphatic rings. The first-order chi connectivity index (χ1) is 9.10. The van der Waals surface area contributed by atoms with Gasteiger partial charge in [0.2, 0.25) is 0 Å². The summed E-state index contributed by atoms with van der Waals surface area (Å²) >= 11 is 1.26. The van der Waals surface area contributed by atoms with Crippen molar-refractivity contribution in [2.24, 2.45) is 0 Å². The number of carbonyl (C=O) groups excluding carboxylic acids is 2. The SMILES string of the molecule is COc1ccc(C=CCCSC(C)=O)c(C=O)c1O. The lowest BCUT2D eigenvalue weighted by molar-refractivity contribution is -0.109. The van der Waals surface area contributed by atoms with Gasteiger partial charge in [0.15, 0.2) is 22.9 Å². The number of hydrogen-bond acceptors (Lipinski definition) is 5. The van der Waals surface area contributed by atoms with Crippen LogP contribution < -0.4 is 4.74 Å². The van der Waals surface area contributed by atoms with Gasteiger partial charge in [-0.25, -0.2) is 0 Å². The maximum Gasteiger partial charge on any atom is 0.185 e. The molecule has 0 bridgehead atoms. The minimum atomic E-state index is -0.155. The Morgan fingerprint density at radius 2 is 2.21 bits per heavy atom. The van der Waals surface area contributed by atoms with Crippen molar-refractivity contribution in [1.82, 2.24) is 0 Å². The van der Waals surface area contributed by atoms with Gasteiger partial charge in [-0.15, -0.1) is 0 Å². The molecule has 0 aromatic heterocycles. The van der Waals surface area contributed by atoms with E-state index < -0.39 is 0 Å². The van der Waals surface area contributed by atoms with Gasteiger partial charge >= 0.3 is 0 Å². The highest BCUT2D eigenvalue weighted by Crippen LogP contribution is 2.31. The Balaban J connectivity index is 2.78. The van der Waals surface area contributed by atoms with Gasteiger partial charge in [-0.2, -0.15) is 0 Å². The first-order valence-corrected chi connectivity index (χ1v) is 6.73. The molecule has 0 spiro atoms. The fourth-order valence-corrected chi connectivity index (χ4v) is 2.06. The van der Waals surface area contributed by atoms with Crippen molar-refractivity contribution in [3.8, 4) is 11.5 Å². The molecule has 0 saturated carbocycles. The van der Waals surface area contributed by atoms with Crippen LogP contribution in [0.15, 0.2) is 18.2 Å². The summed E-state index contributed by atoms with van der Waals surface area (Å²) in [4.78, 5) is 21.7. The average Bonchev–Trinajstić information content (AvgIpc) is 2.38. The number of carbonyl (C=O) groups is 2. The van der Waals surface area contributed by atoms with Crippen LogP contribution in [-0.2, 0) is 4.79 Å². The van der Waals surface area contributed by atoms with E-state index in [0.717, 1.165) is 6.42 Å². The fraction of sp³-hybridized carbons (Fsp3) is 0.286. The summed E-state index contributed by atoms with van der Waals surface area (Å²) < 4.78 is 4.94. The number of methoxy groups -OCH3 is 1. The van der Waals surface area contributed by atoms with Gasteiger partial charge in [-0.05, 0) is 18.1 Å². The van der Waals surface area contributed by atoms with E-state index in [1.54, 1.807) is 18.2 Å². The topological polar surface area (TPSA) is 63.6 Å². The normalized spacial score (nSPS) is 10.6. The van der Waals surface area contributed by atoms with Crippen LogP contribution in [0.5, 0.6) is 11.5 Å². The van der Waals surface area contributed by atoms with Crippen LogP contribution in [0.2, 0.25) is 0 Å². The molecule has 102 valence electrons. The van der Waals surface area contributed by atoms with Gasteiger partial charge in [0.1, 0.15) is 0 Å². The van der Waals surface area contributed by atoms with Crippen molar-refractivity contribution in [1.29, 1.82) is 0 Å². The standard InChI is InChI=1S/C14H16O4S/c1-10(16)19-8-4-3-5-11-6-7-13(18-2)14(17)12(11)9-15/h3,5-7,9,17H,4,8H2,1-2H3. The van der Waals surface area contributed by atoms with E-state index >= 15 is 0 Å². The average molecular weight is 280 g/mol. The third-order valence-electron chi connectivity index (χ3n) is 2.44. The molecule has 1 N–H and O–H groups in total. The summed E-state index contributed by atoms with van der Waals surface area (Å²) in [5.41, 5.74) is 0.830. The molecule has 0 fully saturated rings. The van der Waals surface area contributed by atoms with Crippen molar-refractivity contribution in [3.63, 3.8) is 0 Å².